The Morgan fingerprint density at radius 1 is 1.00 bits per heavy atom. The van der Waals surface area contributed by atoms with Crippen molar-refractivity contribution in [1.82, 2.24) is 10.2 Å². The second-order valence-electron chi connectivity index (χ2n) is 8.31. The fraction of sp³-hybridized carbons (Fsp3) is 0.417. The number of methoxy groups -OCH3 is 1. The first-order chi connectivity index (χ1) is 15.4. The average Bonchev–Trinajstić information content (AvgIpc) is 2.75. The third kappa shape index (κ3) is 7.49. The minimum Gasteiger partial charge on any atom is -0.497 e. The van der Waals surface area contributed by atoms with Gasteiger partial charge in [0.2, 0.25) is 21.8 Å². The molecule has 0 saturated heterocycles. The van der Waals surface area contributed by atoms with Crippen LogP contribution in [-0.4, -0.2) is 57.1 Å². The van der Waals surface area contributed by atoms with Gasteiger partial charge in [-0.3, -0.25) is 13.9 Å². The van der Waals surface area contributed by atoms with E-state index in [1.807, 2.05) is 20.8 Å². The maximum Gasteiger partial charge on any atom is 0.244 e. The van der Waals surface area contributed by atoms with Crippen LogP contribution in [0.2, 0.25) is 0 Å². The summed E-state index contributed by atoms with van der Waals surface area (Å²) in [6.45, 7) is 6.92. The molecule has 0 aliphatic heterocycles. The third-order valence-corrected chi connectivity index (χ3v) is 6.25. The molecule has 0 heterocycles. The van der Waals surface area contributed by atoms with Crippen molar-refractivity contribution in [1.29, 1.82) is 0 Å². The van der Waals surface area contributed by atoms with Gasteiger partial charge in [-0.1, -0.05) is 29.8 Å². The number of amides is 2. The first-order valence-electron chi connectivity index (χ1n) is 10.7. The molecule has 2 rings (SSSR count). The van der Waals surface area contributed by atoms with Crippen LogP contribution in [0.1, 0.15) is 31.9 Å². The lowest BCUT2D eigenvalue weighted by Crippen LogP contribution is -2.52. The predicted molar refractivity (Wildman–Crippen MR) is 130 cm³/mol. The lowest BCUT2D eigenvalue weighted by molar-refractivity contribution is -0.139. The summed E-state index contributed by atoms with van der Waals surface area (Å²) in [5, 5.41) is 2.82. The fourth-order valence-electron chi connectivity index (χ4n) is 3.24. The summed E-state index contributed by atoms with van der Waals surface area (Å²) in [7, 11) is -2.17. The second kappa shape index (κ2) is 11.2. The molecule has 0 bridgehead atoms. The molecule has 0 spiro atoms. The number of benzene rings is 2. The van der Waals surface area contributed by atoms with E-state index in [9.17, 15) is 18.0 Å². The van der Waals surface area contributed by atoms with Crippen molar-refractivity contribution in [2.45, 2.75) is 46.3 Å². The number of aryl methyl sites for hydroxylation is 1. The van der Waals surface area contributed by atoms with E-state index in [1.54, 1.807) is 62.6 Å². The van der Waals surface area contributed by atoms with Crippen molar-refractivity contribution in [3.63, 3.8) is 0 Å². The quantitative estimate of drug-likeness (QED) is 0.570. The lowest BCUT2D eigenvalue weighted by Gasteiger charge is -2.32. The van der Waals surface area contributed by atoms with Crippen LogP contribution in [0, 0.1) is 6.92 Å². The van der Waals surface area contributed by atoms with Gasteiger partial charge in [0.1, 0.15) is 18.3 Å². The zero-order chi connectivity index (χ0) is 24.8. The van der Waals surface area contributed by atoms with Gasteiger partial charge in [-0.05, 0) is 57.5 Å². The Morgan fingerprint density at radius 3 is 2.06 bits per heavy atom. The van der Waals surface area contributed by atoms with Crippen LogP contribution in [0.4, 0.5) is 5.69 Å². The summed E-state index contributed by atoms with van der Waals surface area (Å²) in [5.41, 5.74) is 2.15. The van der Waals surface area contributed by atoms with E-state index >= 15 is 0 Å². The Hall–Kier alpha value is -3.07. The fourth-order valence-corrected chi connectivity index (χ4v) is 4.09. The van der Waals surface area contributed by atoms with Crippen LogP contribution in [0.15, 0.2) is 48.5 Å². The predicted octanol–water partition coefficient (Wildman–Crippen LogP) is 2.71. The van der Waals surface area contributed by atoms with Gasteiger partial charge in [0.05, 0.1) is 19.1 Å². The van der Waals surface area contributed by atoms with E-state index < -0.39 is 28.5 Å². The molecule has 8 nitrogen and oxygen atoms in total. The molecule has 33 heavy (non-hydrogen) atoms. The molecule has 0 aliphatic carbocycles. The molecule has 9 heteroatoms. The third-order valence-electron chi connectivity index (χ3n) is 5.11. The highest BCUT2D eigenvalue weighted by Gasteiger charge is 2.30. The highest BCUT2D eigenvalue weighted by molar-refractivity contribution is 7.92. The van der Waals surface area contributed by atoms with Crippen LogP contribution in [0.3, 0.4) is 0 Å². The molecule has 2 aromatic carbocycles. The SMILES string of the molecule is COc1ccc(CN(C(=O)CN(c2ccc(C)cc2)S(C)(=O)=O)C(C)C(=O)NC(C)C)cc1. The van der Waals surface area contributed by atoms with E-state index in [4.69, 9.17) is 4.74 Å². The molecular weight excluding hydrogens is 442 g/mol. The van der Waals surface area contributed by atoms with E-state index in [-0.39, 0.29) is 18.5 Å². The molecule has 0 saturated carbocycles. The van der Waals surface area contributed by atoms with Gasteiger partial charge in [0, 0.05) is 12.6 Å². The van der Waals surface area contributed by atoms with Gasteiger partial charge in [0.25, 0.3) is 0 Å². The summed E-state index contributed by atoms with van der Waals surface area (Å²) in [5.74, 6) is -0.124. The van der Waals surface area contributed by atoms with Crippen molar-refractivity contribution in [2.75, 3.05) is 24.2 Å². The molecular formula is C24H33N3O5S. The summed E-state index contributed by atoms with van der Waals surface area (Å²) in [6.07, 6.45) is 1.06. The number of sulfonamides is 1. The molecule has 0 aliphatic rings. The number of hydrogen-bond donors (Lipinski definition) is 1. The van der Waals surface area contributed by atoms with Crippen molar-refractivity contribution in [3.8, 4) is 5.75 Å². The Morgan fingerprint density at radius 2 is 1.58 bits per heavy atom. The van der Waals surface area contributed by atoms with E-state index in [0.717, 1.165) is 21.7 Å². The van der Waals surface area contributed by atoms with E-state index in [2.05, 4.69) is 5.32 Å². The molecule has 1 unspecified atom stereocenters. The van der Waals surface area contributed by atoms with Gasteiger partial charge in [-0.25, -0.2) is 8.42 Å². The van der Waals surface area contributed by atoms with Gasteiger partial charge >= 0.3 is 0 Å². The number of anilines is 1. The first kappa shape index (κ1) is 26.2. The van der Waals surface area contributed by atoms with Gasteiger partial charge in [-0.2, -0.15) is 0 Å². The van der Waals surface area contributed by atoms with Crippen molar-refractivity contribution < 1.29 is 22.7 Å². The number of hydrogen-bond acceptors (Lipinski definition) is 5. The van der Waals surface area contributed by atoms with Crippen molar-refractivity contribution >= 4 is 27.5 Å². The molecule has 180 valence electrons. The normalized spacial score (nSPS) is 12.2. The Labute approximate surface area is 196 Å². The highest BCUT2D eigenvalue weighted by Crippen LogP contribution is 2.20. The highest BCUT2D eigenvalue weighted by atomic mass is 32.2. The van der Waals surface area contributed by atoms with Gasteiger partial charge in [0.15, 0.2) is 0 Å². The van der Waals surface area contributed by atoms with Crippen LogP contribution >= 0.6 is 0 Å². The number of nitrogens with one attached hydrogen (secondary N) is 1. The molecule has 0 aromatic heterocycles. The Balaban J connectivity index is 2.36. The van der Waals surface area contributed by atoms with E-state index in [1.165, 1.54) is 4.90 Å². The summed E-state index contributed by atoms with van der Waals surface area (Å²) in [6, 6.07) is 13.1. The maximum absolute atomic E-state index is 13.4. The van der Waals surface area contributed by atoms with Crippen molar-refractivity contribution in [3.05, 3.63) is 59.7 Å². The number of carbonyl (C=O) groups is 2. The van der Waals surface area contributed by atoms with Gasteiger partial charge in [-0.15, -0.1) is 0 Å². The monoisotopic (exact) mass is 475 g/mol. The molecule has 0 radical (unpaired) electrons. The summed E-state index contributed by atoms with van der Waals surface area (Å²) in [4.78, 5) is 27.5. The lowest BCUT2D eigenvalue weighted by atomic mass is 10.1. The molecule has 1 atom stereocenters. The van der Waals surface area contributed by atoms with E-state index in [0.29, 0.717) is 11.4 Å². The second-order valence-corrected chi connectivity index (χ2v) is 10.2. The number of nitrogens with zero attached hydrogens (tertiary/aromatic N) is 2. The molecule has 1 N–H and O–H groups in total. The van der Waals surface area contributed by atoms with Crippen LogP contribution < -0.4 is 14.4 Å². The first-order valence-corrected chi connectivity index (χ1v) is 12.5. The zero-order valence-electron chi connectivity index (χ0n) is 20.0. The largest absolute Gasteiger partial charge is 0.497 e. The average molecular weight is 476 g/mol. The molecule has 2 amide bonds. The smallest absolute Gasteiger partial charge is 0.244 e. The standard InChI is InChI=1S/C24H33N3O5S/c1-17(2)25-24(29)19(4)26(15-20-9-13-22(32-5)14-10-20)23(28)16-27(33(6,30)31)21-11-7-18(3)8-12-21/h7-14,17,19H,15-16H2,1-6H3,(H,25,29). The minimum atomic E-state index is -3.74. The summed E-state index contributed by atoms with van der Waals surface area (Å²) >= 11 is 0. The summed E-state index contributed by atoms with van der Waals surface area (Å²) < 4.78 is 31.3. The Kier molecular flexibility index (Phi) is 8.87. The molecule has 2 aromatic rings. The number of ether oxygens (including phenoxy) is 1. The van der Waals surface area contributed by atoms with Crippen molar-refractivity contribution in [2.24, 2.45) is 0 Å². The minimum absolute atomic E-state index is 0.0991. The maximum atomic E-state index is 13.4. The molecule has 0 fully saturated rings. The van der Waals surface area contributed by atoms with Gasteiger partial charge < -0.3 is 15.0 Å². The van der Waals surface area contributed by atoms with Crippen LogP contribution in [0.25, 0.3) is 0 Å². The zero-order valence-corrected chi connectivity index (χ0v) is 20.8. The Bertz CT molecular complexity index is 1050. The number of rotatable bonds is 10. The topological polar surface area (TPSA) is 96.0 Å². The number of carbonyl (C=O) groups excluding carboxylic acids is 2. The van der Waals surface area contributed by atoms with Crippen LogP contribution in [-0.2, 0) is 26.2 Å². The van der Waals surface area contributed by atoms with Crippen LogP contribution in [0.5, 0.6) is 5.75 Å².